The average molecular weight is 239 g/mol. The van der Waals surface area contributed by atoms with E-state index >= 15 is 0 Å². The van der Waals surface area contributed by atoms with Crippen molar-refractivity contribution in [2.24, 2.45) is 5.41 Å². The Hall–Kier alpha value is 0.427. The highest BCUT2D eigenvalue weighted by molar-refractivity contribution is 6.48. The quantitative estimate of drug-likeness (QED) is 0.403. The van der Waals surface area contributed by atoms with E-state index in [9.17, 15) is 0 Å². The van der Waals surface area contributed by atoms with Gasteiger partial charge in [-0.25, -0.2) is 0 Å². The molecule has 0 aliphatic carbocycles. The molecule has 0 aromatic rings. The summed E-state index contributed by atoms with van der Waals surface area (Å²) in [5.41, 5.74) is 0.142. The molecule has 0 amide bonds. The molecule has 0 saturated carbocycles. The van der Waals surface area contributed by atoms with E-state index < -0.39 is 9.04 Å². The summed E-state index contributed by atoms with van der Waals surface area (Å²) in [6.07, 6.45) is 0.192. The van der Waals surface area contributed by atoms with Gasteiger partial charge >= 0.3 is 0 Å². The molecule has 1 unspecified atom stereocenters. The van der Waals surface area contributed by atoms with Crippen LogP contribution in [0.15, 0.2) is 0 Å². The van der Waals surface area contributed by atoms with E-state index in [-0.39, 0.29) is 11.5 Å². The predicted octanol–water partition coefficient (Wildman–Crippen LogP) is 2.66. The fraction of sp³-hybridized carbons (Fsp3) is 1.00. The Morgan fingerprint density at radius 2 is 1.86 bits per heavy atom. The predicted molar refractivity (Wildman–Crippen MR) is 64.7 cm³/mol. The fourth-order valence-corrected chi connectivity index (χ4v) is 2.32. The Labute approximate surface area is 94.7 Å². The Balaban J connectivity index is 3.99. The minimum absolute atomic E-state index is 0.142. The lowest BCUT2D eigenvalue weighted by Gasteiger charge is -2.32. The van der Waals surface area contributed by atoms with Gasteiger partial charge in [0.15, 0.2) is 9.04 Å². The third kappa shape index (κ3) is 6.82. The van der Waals surface area contributed by atoms with Crippen molar-refractivity contribution in [1.82, 2.24) is 0 Å². The molecule has 0 bridgehead atoms. The van der Waals surface area contributed by atoms with Gasteiger partial charge in [0.25, 0.3) is 0 Å². The second kappa shape index (κ2) is 6.83. The summed E-state index contributed by atoms with van der Waals surface area (Å²) >= 11 is 5.55. The van der Waals surface area contributed by atoms with Crippen molar-refractivity contribution in [3.05, 3.63) is 0 Å². The van der Waals surface area contributed by atoms with Crippen LogP contribution in [0.5, 0.6) is 0 Å². The normalized spacial score (nSPS) is 14.8. The molecule has 1 atom stereocenters. The molecule has 2 nitrogen and oxygen atoms in total. The Morgan fingerprint density at radius 3 is 2.21 bits per heavy atom. The zero-order chi connectivity index (χ0) is 11.2. The molecule has 0 rings (SSSR count). The highest BCUT2D eigenvalue weighted by Gasteiger charge is 2.26. The third-order valence-electron chi connectivity index (χ3n) is 1.89. The standard InChI is InChI=1S/C10H23ClO2Si/c1-10(2,3)9(13-14(4)5)8-12-7-6-11/h9,14H,6-8H2,1-5H3. The second-order valence-electron chi connectivity index (χ2n) is 4.80. The maximum atomic E-state index is 5.93. The van der Waals surface area contributed by atoms with Gasteiger partial charge in [0.05, 0.1) is 19.3 Å². The monoisotopic (exact) mass is 238 g/mol. The summed E-state index contributed by atoms with van der Waals surface area (Å²) in [7, 11) is -0.993. The molecule has 0 heterocycles. The van der Waals surface area contributed by atoms with E-state index in [0.29, 0.717) is 19.1 Å². The first-order valence-corrected chi connectivity index (χ1v) is 8.48. The molecular formula is C10H23ClO2Si. The van der Waals surface area contributed by atoms with Crippen LogP contribution in [0.3, 0.4) is 0 Å². The zero-order valence-electron chi connectivity index (χ0n) is 9.97. The molecule has 86 valence electrons. The van der Waals surface area contributed by atoms with E-state index in [1.165, 1.54) is 0 Å². The first-order chi connectivity index (χ1) is 6.38. The van der Waals surface area contributed by atoms with Gasteiger partial charge in [0.2, 0.25) is 0 Å². The van der Waals surface area contributed by atoms with Gasteiger partial charge in [0, 0.05) is 5.88 Å². The average Bonchev–Trinajstić information content (AvgIpc) is 2.00. The van der Waals surface area contributed by atoms with E-state index in [1.807, 2.05) is 0 Å². The molecule has 0 saturated heterocycles. The minimum Gasteiger partial charge on any atom is -0.415 e. The van der Waals surface area contributed by atoms with Gasteiger partial charge in [-0.15, -0.1) is 11.6 Å². The van der Waals surface area contributed by atoms with Crippen molar-refractivity contribution in [2.45, 2.75) is 40.0 Å². The highest BCUT2D eigenvalue weighted by atomic mass is 35.5. The van der Waals surface area contributed by atoms with Crippen LogP contribution in [-0.2, 0) is 9.16 Å². The van der Waals surface area contributed by atoms with Crippen molar-refractivity contribution in [3.8, 4) is 0 Å². The lowest BCUT2D eigenvalue weighted by Crippen LogP contribution is -2.37. The topological polar surface area (TPSA) is 18.5 Å². The van der Waals surface area contributed by atoms with Crippen molar-refractivity contribution in [3.63, 3.8) is 0 Å². The molecule has 0 spiro atoms. The van der Waals surface area contributed by atoms with Crippen LogP contribution in [-0.4, -0.2) is 34.2 Å². The number of ether oxygens (including phenoxy) is 1. The summed E-state index contributed by atoms with van der Waals surface area (Å²) in [5.74, 6) is 0.552. The Kier molecular flexibility index (Phi) is 7.04. The van der Waals surface area contributed by atoms with Gasteiger partial charge in [-0.3, -0.25) is 0 Å². The summed E-state index contributed by atoms with van der Waals surface area (Å²) in [6.45, 7) is 12.2. The fourth-order valence-electron chi connectivity index (χ4n) is 1.07. The van der Waals surface area contributed by atoms with E-state index in [1.54, 1.807) is 0 Å². The minimum atomic E-state index is -0.993. The van der Waals surface area contributed by atoms with Crippen LogP contribution in [0.25, 0.3) is 0 Å². The van der Waals surface area contributed by atoms with Crippen LogP contribution >= 0.6 is 11.6 Å². The van der Waals surface area contributed by atoms with Crippen LogP contribution in [0.1, 0.15) is 20.8 Å². The number of rotatable bonds is 6. The smallest absolute Gasteiger partial charge is 0.171 e. The molecule has 0 radical (unpaired) electrons. The molecule has 4 heteroatoms. The van der Waals surface area contributed by atoms with Gasteiger partial charge in [0.1, 0.15) is 0 Å². The number of halogens is 1. The molecule has 0 aromatic heterocycles. The zero-order valence-corrected chi connectivity index (χ0v) is 11.9. The maximum absolute atomic E-state index is 5.93. The lowest BCUT2D eigenvalue weighted by molar-refractivity contribution is -0.00132. The molecule has 14 heavy (non-hydrogen) atoms. The van der Waals surface area contributed by atoms with Crippen LogP contribution in [0.2, 0.25) is 13.1 Å². The first kappa shape index (κ1) is 14.4. The highest BCUT2D eigenvalue weighted by Crippen LogP contribution is 2.23. The van der Waals surface area contributed by atoms with Gasteiger partial charge in [-0.05, 0) is 18.5 Å². The Morgan fingerprint density at radius 1 is 1.29 bits per heavy atom. The summed E-state index contributed by atoms with van der Waals surface area (Å²) < 4.78 is 11.4. The lowest BCUT2D eigenvalue weighted by atomic mass is 9.90. The third-order valence-corrected chi connectivity index (χ3v) is 2.92. The van der Waals surface area contributed by atoms with Crippen molar-refractivity contribution in [1.29, 1.82) is 0 Å². The summed E-state index contributed by atoms with van der Waals surface area (Å²) in [4.78, 5) is 0. The van der Waals surface area contributed by atoms with Crippen LogP contribution < -0.4 is 0 Å². The van der Waals surface area contributed by atoms with E-state index in [0.717, 1.165) is 0 Å². The molecule has 0 aliphatic heterocycles. The van der Waals surface area contributed by atoms with Crippen molar-refractivity contribution >= 4 is 20.6 Å². The molecule has 0 aliphatic rings. The van der Waals surface area contributed by atoms with Crippen molar-refractivity contribution < 1.29 is 9.16 Å². The SMILES string of the molecule is C[SiH](C)OC(COCCCl)C(C)(C)C. The van der Waals surface area contributed by atoms with Crippen LogP contribution in [0.4, 0.5) is 0 Å². The van der Waals surface area contributed by atoms with Crippen LogP contribution in [0, 0.1) is 5.41 Å². The number of alkyl halides is 1. The summed E-state index contributed by atoms with van der Waals surface area (Å²) in [5, 5.41) is 0. The molecule has 0 N–H and O–H groups in total. The van der Waals surface area contributed by atoms with Crippen molar-refractivity contribution in [2.75, 3.05) is 19.1 Å². The first-order valence-electron chi connectivity index (χ1n) is 5.17. The summed E-state index contributed by atoms with van der Waals surface area (Å²) in [6, 6.07) is 0. The van der Waals surface area contributed by atoms with E-state index in [4.69, 9.17) is 20.8 Å². The molecule has 0 aromatic carbocycles. The molecule has 0 fully saturated rings. The van der Waals surface area contributed by atoms with Gasteiger partial charge in [-0.1, -0.05) is 20.8 Å². The molecular weight excluding hydrogens is 216 g/mol. The van der Waals surface area contributed by atoms with E-state index in [2.05, 4.69) is 33.9 Å². The van der Waals surface area contributed by atoms with Gasteiger partial charge < -0.3 is 9.16 Å². The van der Waals surface area contributed by atoms with Gasteiger partial charge in [-0.2, -0.15) is 0 Å². The second-order valence-corrected chi connectivity index (χ2v) is 7.55. The largest absolute Gasteiger partial charge is 0.415 e. The number of hydrogen-bond donors (Lipinski definition) is 0. The Bertz CT molecular complexity index is 146. The number of hydrogen-bond acceptors (Lipinski definition) is 2. The maximum Gasteiger partial charge on any atom is 0.171 e.